The molecule has 0 spiro atoms. The first-order chi connectivity index (χ1) is 13.8. The van der Waals surface area contributed by atoms with E-state index < -0.39 is 36.0 Å². The molecule has 0 heterocycles. The number of benzene rings is 3. The summed E-state index contributed by atoms with van der Waals surface area (Å²) in [5.74, 6) is -0.744. The molecular formula is C21H14BrNO5S. The monoisotopic (exact) mass is 471 g/mol. The summed E-state index contributed by atoms with van der Waals surface area (Å²) < 4.78 is 27.5. The molecule has 29 heavy (non-hydrogen) atoms. The van der Waals surface area contributed by atoms with Crippen molar-refractivity contribution in [1.82, 2.24) is 0 Å². The van der Waals surface area contributed by atoms with Crippen molar-refractivity contribution in [2.75, 3.05) is 0 Å². The molecule has 0 fully saturated rings. The second-order valence-electron chi connectivity index (χ2n) is 5.98. The van der Waals surface area contributed by atoms with E-state index in [0.29, 0.717) is 5.56 Å². The van der Waals surface area contributed by atoms with Crippen LogP contribution in [0.3, 0.4) is 0 Å². The second-order valence-corrected chi connectivity index (χ2v) is 8.79. The smallest absolute Gasteiger partial charge is 0.288 e. The Morgan fingerprint density at radius 2 is 1.48 bits per heavy atom. The Bertz CT molecular complexity index is 1200. The summed E-state index contributed by atoms with van der Waals surface area (Å²) in [6.07, 6.45) is 1.23. The van der Waals surface area contributed by atoms with E-state index in [4.69, 9.17) is 0 Å². The van der Waals surface area contributed by atoms with Crippen molar-refractivity contribution in [2.45, 2.75) is 4.90 Å². The van der Waals surface area contributed by atoms with Crippen molar-refractivity contribution in [2.24, 2.45) is 0 Å². The highest BCUT2D eigenvalue weighted by Gasteiger charge is 2.33. The molecular weight excluding hydrogens is 458 g/mol. The van der Waals surface area contributed by atoms with Gasteiger partial charge in [-0.3, -0.25) is 14.9 Å². The third kappa shape index (κ3) is 4.49. The van der Waals surface area contributed by atoms with E-state index in [1.54, 1.807) is 42.5 Å². The molecule has 0 aliphatic heterocycles. The van der Waals surface area contributed by atoms with Gasteiger partial charge in [-0.2, -0.15) is 0 Å². The third-order valence-corrected chi connectivity index (χ3v) is 6.40. The summed E-state index contributed by atoms with van der Waals surface area (Å²) in [6.45, 7) is 0. The van der Waals surface area contributed by atoms with E-state index >= 15 is 0 Å². The van der Waals surface area contributed by atoms with Crippen molar-refractivity contribution >= 4 is 43.3 Å². The molecule has 0 aliphatic carbocycles. The molecule has 3 rings (SSSR count). The van der Waals surface area contributed by atoms with Crippen LogP contribution in [-0.2, 0) is 9.84 Å². The molecule has 6 nitrogen and oxygen atoms in total. The first-order valence-electron chi connectivity index (χ1n) is 8.36. The molecule has 146 valence electrons. The highest BCUT2D eigenvalue weighted by molar-refractivity contribution is 9.10. The fourth-order valence-electron chi connectivity index (χ4n) is 2.66. The number of nitro groups is 1. The van der Waals surface area contributed by atoms with Crippen molar-refractivity contribution in [3.8, 4) is 0 Å². The zero-order chi connectivity index (χ0) is 21.0. The van der Waals surface area contributed by atoms with E-state index in [0.717, 1.165) is 16.6 Å². The zero-order valence-electron chi connectivity index (χ0n) is 14.9. The van der Waals surface area contributed by atoms with Crippen LogP contribution in [0.1, 0.15) is 15.9 Å². The maximum absolute atomic E-state index is 13.3. The summed E-state index contributed by atoms with van der Waals surface area (Å²) in [4.78, 5) is 22.6. The van der Waals surface area contributed by atoms with Gasteiger partial charge in [0, 0.05) is 16.1 Å². The van der Waals surface area contributed by atoms with Crippen LogP contribution in [0.15, 0.2) is 93.1 Å². The number of halogens is 1. The Balaban J connectivity index is 2.24. The van der Waals surface area contributed by atoms with Crippen LogP contribution < -0.4 is 0 Å². The number of nitrogens with zero attached hydrogens (tertiary/aromatic N) is 1. The molecule has 0 unspecified atom stereocenters. The van der Waals surface area contributed by atoms with E-state index in [-0.39, 0.29) is 5.56 Å². The highest BCUT2D eigenvalue weighted by atomic mass is 79.9. The van der Waals surface area contributed by atoms with E-state index in [1.165, 1.54) is 30.3 Å². The summed E-state index contributed by atoms with van der Waals surface area (Å²) in [6, 6.07) is 19.6. The fraction of sp³-hybridized carbons (Fsp3) is 0. The normalized spacial score (nSPS) is 11.8. The number of rotatable bonds is 6. The van der Waals surface area contributed by atoms with Gasteiger partial charge in [0.05, 0.1) is 4.92 Å². The number of carbonyl (C=O) groups is 1. The summed E-state index contributed by atoms with van der Waals surface area (Å²) in [7, 11) is -4.47. The van der Waals surface area contributed by atoms with Crippen LogP contribution in [0, 0.1) is 10.1 Å². The molecule has 8 heteroatoms. The predicted octanol–water partition coefficient (Wildman–Crippen LogP) is 5.06. The molecule has 0 aliphatic rings. The van der Waals surface area contributed by atoms with Gasteiger partial charge in [-0.1, -0.05) is 70.5 Å². The van der Waals surface area contributed by atoms with Crippen molar-refractivity contribution in [3.05, 3.63) is 109 Å². The van der Waals surface area contributed by atoms with Gasteiger partial charge in [-0.05, 0) is 29.8 Å². The Morgan fingerprint density at radius 3 is 2.10 bits per heavy atom. The number of carbonyl (C=O) groups excluding carboxylic acids is 1. The predicted molar refractivity (Wildman–Crippen MR) is 113 cm³/mol. The average Bonchev–Trinajstić information content (AvgIpc) is 2.73. The standard InChI is InChI=1S/C21H14BrNO5S/c22-17-12-10-15(11-13-17)14-20(21(24)16-6-2-1-3-7-16)29(27,28)19-9-5-4-8-18(19)23(25)26/h1-14H/b20-14-. The zero-order valence-corrected chi connectivity index (χ0v) is 17.3. The molecule has 0 radical (unpaired) electrons. The summed E-state index contributed by atoms with van der Waals surface area (Å²) >= 11 is 3.30. The minimum Gasteiger partial charge on any atom is -0.288 e. The third-order valence-electron chi connectivity index (χ3n) is 4.07. The van der Waals surface area contributed by atoms with Gasteiger partial charge in [0.15, 0.2) is 0 Å². The number of para-hydroxylation sites is 1. The lowest BCUT2D eigenvalue weighted by molar-refractivity contribution is -0.387. The minimum atomic E-state index is -4.47. The van der Waals surface area contributed by atoms with Crippen molar-refractivity contribution in [3.63, 3.8) is 0 Å². The molecule has 0 aromatic heterocycles. The molecule has 3 aromatic rings. The lowest BCUT2D eigenvalue weighted by atomic mass is 10.1. The molecule has 0 saturated heterocycles. The Kier molecular flexibility index (Phi) is 6.05. The number of nitro benzene ring substituents is 1. The Hall–Kier alpha value is -3.10. The quantitative estimate of drug-likeness (QED) is 0.217. The topological polar surface area (TPSA) is 94.3 Å². The van der Waals surface area contributed by atoms with Gasteiger partial charge >= 0.3 is 0 Å². The van der Waals surface area contributed by atoms with Crippen LogP contribution in [0.5, 0.6) is 0 Å². The molecule has 0 atom stereocenters. The van der Waals surface area contributed by atoms with Crippen LogP contribution in [-0.4, -0.2) is 19.1 Å². The lowest BCUT2D eigenvalue weighted by Crippen LogP contribution is -2.15. The van der Waals surface area contributed by atoms with Crippen LogP contribution in [0.4, 0.5) is 5.69 Å². The minimum absolute atomic E-state index is 0.165. The Morgan fingerprint density at radius 1 is 0.897 bits per heavy atom. The van der Waals surface area contributed by atoms with Gasteiger partial charge in [0.25, 0.3) is 5.69 Å². The highest BCUT2D eigenvalue weighted by Crippen LogP contribution is 2.31. The van der Waals surface area contributed by atoms with Crippen molar-refractivity contribution in [1.29, 1.82) is 0 Å². The molecule has 0 bridgehead atoms. The molecule has 0 saturated carbocycles. The van der Waals surface area contributed by atoms with Crippen LogP contribution in [0.25, 0.3) is 6.08 Å². The first-order valence-corrected chi connectivity index (χ1v) is 10.6. The summed E-state index contributed by atoms with van der Waals surface area (Å²) in [5, 5.41) is 11.4. The largest absolute Gasteiger partial charge is 0.288 e. The number of hydrogen-bond acceptors (Lipinski definition) is 5. The van der Waals surface area contributed by atoms with Crippen LogP contribution >= 0.6 is 15.9 Å². The molecule has 3 aromatic carbocycles. The SMILES string of the molecule is O=C(/C(=C/c1ccc(Br)cc1)S(=O)(=O)c1ccccc1[N+](=O)[O-])c1ccccc1. The number of allylic oxidation sites excluding steroid dienone is 1. The fourth-order valence-corrected chi connectivity index (χ4v) is 4.49. The maximum Gasteiger partial charge on any atom is 0.288 e. The second kappa shape index (κ2) is 8.50. The van der Waals surface area contributed by atoms with Gasteiger partial charge < -0.3 is 0 Å². The maximum atomic E-state index is 13.3. The number of ketones is 1. The van der Waals surface area contributed by atoms with Crippen LogP contribution in [0.2, 0.25) is 0 Å². The number of Topliss-reactive ketones (excluding diaryl/α,β-unsaturated/α-hetero) is 1. The molecule has 0 N–H and O–H groups in total. The number of hydrogen-bond donors (Lipinski definition) is 0. The summed E-state index contributed by atoms with van der Waals surface area (Å²) in [5.41, 5.74) is 0.0442. The van der Waals surface area contributed by atoms with E-state index in [2.05, 4.69) is 15.9 Å². The van der Waals surface area contributed by atoms with E-state index in [1.807, 2.05) is 0 Å². The average molecular weight is 472 g/mol. The van der Waals surface area contributed by atoms with Gasteiger partial charge in [0.2, 0.25) is 15.6 Å². The lowest BCUT2D eigenvalue weighted by Gasteiger charge is -2.10. The van der Waals surface area contributed by atoms with Gasteiger partial charge in [-0.15, -0.1) is 0 Å². The number of sulfone groups is 1. The van der Waals surface area contributed by atoms with Gasteiger partial charge in [-0.25, -0.2) is 8.42 Å². The van der Waals surface area contributed by atoms with Crippen molar-refractivity contribution < 1.29 is 18.1 Å². The Labute approximate surface area is 175 Å². The van der Waals surface area contributed by atoms with Gasteiger partial charge in [0.1, 0.15) is 9.80 Å². The molecule has 0 amide bonds. The van der Waals surface area contributed by atoms with E-state index in [9.17, 15) is 23.3 Å². The first kappa shape index (κ1) is 20.6.